The summed E-state index contributed by atoms with van der Waals surface area (Å²) in [6.45, 7) is -0.808. The van der Waals surface area contributed by atoms with Gasteiger partial charge in [-0.1, -0.05) is 24.3 Å². The number of allylic oxidation sites excluding steroid dienone is 8. The van der Waals surface area contributed by atoms with E-state index in [1.807, 2.05) is 27.7 Å². The SMILES string of the molecule is CC1=[N+]2C(=Cc3c4c(c(C)n3[B-]2(F)F)[C@H]2C=C[C@@H]4CC2)C2=C1C1CCC2C2=C1C(C)=[N+]1C2=Cc2c3c(c(C)n2[B-]1(F)F)[C@@H]1C=C[C@H]3CC1. The molecule has 13 aliphatic rings. The van der Waals surface area contributed by atoms with Gasteiger partial charge in [-0.05, 0) is 86.0 Å². The summed E-state index contributed by atoms with van der Waals surface area (Å²) in [7, 11) is 0. The molecule has 0 saturated heterocycles. The van der Waals surface area contributed by atoms with Gasteiger partial charge >= 0.3 is 13.9 Å². The van der Waals surface area contributed by atoms with Gasteiger partial charge in [0.1, 0.15) is 11.4 Å². The van der Waals surface area contributed by atoms with E-state index in [-0.39, 0.29) is 35.5 Å². The second kappa shape index (κ2) is 7.97. The largest absolute Gasteiger partial charge is 0.737 e. The Morgan fingerprint density at radius 1 is 0.521 bits per heavy atom. The normalized spacial score (nSPS) is 34.2. The Labute approximate surface area is 277 Å². The number of rotatable bonds is 0. The lowest BCUT2D eigenvalue weighted by Crippen LogP contribution is -2.51. The molecule has 6 heterocycles. The molecule has 0 amide bonds. The molecule has 15 rings (SSSR count). The lowest BCUT2D eigenvalue weighted by Gasteiger charge is -2.38. The second-order valence-corrected chi connectivity index (χ2v) is 16.2. The lowest BCUT2D eigenvalue weighted by atomic mass is 9.62. The van der Waals surface area contributed by atoms with Crippen molar-refractivity contribution in [3.8, 4) is 0 Å². The van der Waals surface area contributed by atoms with Crippen molar-refractivity contribution in [2.24, 2.45) is 11.8 Å². The molecule has 0 aromatic carbocycles. The van der Waals surface area contributed by atoms with Crippen LogP contribution in [0.25, 0.3) is 12.2 Å². The van der Waals surface area contributed by atoms with Crippen molar-refractivity contribution in [2.45, 2.75) is 89.9 Å². The number of hydrogen-bond acceptors (Lipinski definition) is 0. The maximum atomic E-state index is 17.2. The number of aromatic nitrogens is 2. The molecule has 9 aliphatic carbocycles. The van der Waals surface area contributed by atoms with Gasteiger partial charge in [-0.25, -0.2) is 0 Å². The fourth-order valence-electron chi connectivity index (χ4n) is 12.9. The lowest BCUT2D eigenvalue weighted by molar-refractivity contribution is -0.365. The molecule has 0 radical (unpaired) electrons. The van der Waals surface area contributed by atoms with Crippen LogP contribution >= 0.6 is 0 Å². The predicted octanol–water partition coefficient (Wildman–Crippen LogP) is 8.43. The smallest absolute Gasteiger partial charge is 0.393 e. The van der Waals surface area contributed by atoms with Crippen LogP contribution in [-0.4, -0.2) is 43.3 Å². The van der Waals surface area contributed by atoms with Crippen molar-refractivity contribution in [3.63, 3.8) is 0 Å². The van der Waals surface area contributed by atoms with Crippen molar-refractivity contribution in [3.05, 3.63) is 103 Å². The minimum Gasteiger partial charge on any atom is -0.393 e. The first-order valence-corrected chi connectivity index (χ1v) is 18.1. The van der Waals surface area contributed by atoms with Gasteiger partial charge in [-0.15, -0.1) is 0 Å². The molecular weight excluding hydrogens is 610 g/mol. The molecule has 6 atom stereocenters. The van der Waals surface area contributed by atoms with Gasteiger partial charge in [-0.2, -0.15) is 0 Å². The molecule has 4 nitrogen and oxygen atoms in total. The summed E-state index contributed by atoms with van der Waals surface area (Å²) < 4.78 is 74.2. The Morgan fingerprint density at radius 2 is 0.875 bits per heavy atom. The molecule has 2 aromatic heterocycles. The number of hydrogen-bond donors (Lipinski definition) is 0. The zero-order chi connectivity index (χ0) is 32.5. The average molecular weight is 646 g/mol. The van der Waals surface area contributed by atoms with Gasteiger partial charge in [0.05, 0.1) is 0 Å². The maximum Gasteiger partial charge on any atom is 0.737 e. The summed E-state index contributed by atoms with van der Waals surface area (Å²) >= 11 is 0. The highest BCUT2D eigenvalue weighted by atomic mass is 19.3. The van der Waals surface area contributed by atoms with Crippen molar-refractivity contribution in [1.82, 2.24) is 8.96 Å². The Morgan fingerprint density at radius 3 is 1.25 bits per heavy atom. The zero-order valence-electron chi connectivity index (χ0n) is 27.6. The Bertz CT molecular complexity index is 2180. The van der Waals surface area contributed by atoms with Crippen LogP contribution < -0.4 is 0 Å². The highest BCUT2D eigenvalue weighted by Gasteiger charge is 2.64. The van der Waals surface area contributed by atoms with Gasteiger partial charge in [0.25, 0.3) is 0 Å². The van der Waals surface area contributed by atoms with E-state index in [2.05, 4.69) is 36.5 Å². The Kier molecular flexibility index (Phi) is 4.50. The number of halogens is 4. The maximum absolute atomic E-state index is 17.2. The molecule has 0 saturated carbocycles. The predicted molar refractivity (Wildman–Crippen MR) is 181 cm³/mol. The third kappa shape index (κ3) is 2.62. The third-order valence-corrected chi connectivity index (χ3v) is 14.4. The monoisotopic (exact) mass is 646 g/mol. The van der Waals surface area contributed by atoms with Gasteiger partial charge < -0.3 is 35.2 Å². The van der Waals surface area contributed by atoms with Crippen LogP contribution in [-0.2, 0) is 0 Å². The fraction of sp³-hybridized carbons (Fsp3) is 0.421. The molecule has 2 aromatic rings. The van der Waals surface area contributed by atoms with E-state index in [4.69, 9.17) is 0 Å². The first-order chi connectivity index (χ1) is 23.0. The summed E-state index contributed by atoms with van der Waals surface area (Å²) in [5.74, 6) is 0.369. The molecular formula is C38H36B2F4N4. The van der Waals surface area contributed by atoms with Crippen LogP contribution in [0.2, 0.25) is 0 Å². The molecule has 10 heteroatoms. The van der Waals surface area contributed by atoms with E-state index in [0.29, 0.717) is 45.6 Å². The first-order valence-electron chi connectivity index (χ1n) is 18.1. The molecule has 2 unspecified atom stereocenters. The van der Waals surface area contributed by atoms with E-state index in [1.165, 1.54) is 17.9 Å². The standard InChI is InChI=1S/C38H36B2F4N4/c1-17-31-21-5-9-23(10-6-21)35(31)27-15-29-37-26-14-13-25(33(37)19(3)47(29)39(41,42)45(17)27)34-20(4)48-30(38(26)34)16-28-36-24-11-7-22(8-12-24)32(36)18(2)46(28)40(48,43)44/h5,7,9,11,15-16,21-26H,6,8,10,12-14H2,1-4H3/t21-,22+,23+,24-,25?,26?. The Balaban J connectivity index is 1.07. The molecule has 0 spiro atoms. The summed E-state index contributed by atoms with van der Waals surface area (Å²) in [6.07, 6.45) is 18.6. The highest BCUT2D eigenvalue weighted by Crippen LogP contribution is 2.61. The van der Waals surface area contributed by atoms with Crippen molar-refractivity contribution in [2.75, 3.05) is 0 Å². The van der Waals surface area contributed by atoms with Gasteiger partial charge in [0.15, 0.2) is 11.4 Å². The number of nitrogens with zero attached hydrogens (tertiary/aromatic N) is 4. The van der Waals surface area contributed by atoms with Crippen LogP contribution in [0, 0.1) is 25.7 Å². The molecule has 0 N–H and O–H groups in total. The summed E-state index contributed by atoms with van der Waals surface area (Å²) in [6, 6.07) is 0. The van der Waals surface area contributed by atoms with Gasteiger partial charge in [0.2, 0.25) is 0 Å². The van der Waals surface area contributed by atoms with E-state index >= 15 is 17.3 Å². The molecule has 242 valence electrons. The fourth-order valence-corrected chi connectivity index (χ4v) is 12.9. The molecule has 4 aliphatic heterocycles. The van der Waals surface area contributed by atoms with Crippen molar-refractivity contribution < 1.29 is 26.2 Å². The Hall–Kier alpha value is -3.81. The highest BCUT2D eigenvalue weighted by molar-refractivity contribution is 6.59. The quantitative estimate of drug-likeness (QED) is 0.155. The average Bonchev–Trinajstić information content (AvgIpc) is 3.78. The minimum absolute atomic E-state index is 0.167. The van der Waals surface area contributed by atoms with Crippen LogP contribution in [0.3, 0.4) is 0 Å². The first kappa shape index (κ1) is 27.1. The topological polar surface area (TPSA) is 15.9 Å². The number of fused-ring (bicyclic) bond motifs is 7. The van der Waals surface area contributed by atoms with Crippen LogP contribution in [0.4, 0.5) is 17.3 Å². The van der Waals surface area contributed by atoms with Crippen LogP contribution in [0.1, 0.15) is 121 Å². The second-order valence-electron chi connectivity index (χ2n) is 16.2. The molecule has 6 bridgehead atoms. The summed E-state index contributed by atoms with van der Waals surface area (Å²) in [5.41, 5.74) is 13.4. The van der Waals surface area contributed by atoms with E-state index in [1.54, 1.807) is 0 Å². The van der Waals surface area contributed by atoms with Crippen molar-refractivity contribution >= 4 is 37.5 Å². The molecule has 48 heavy (non-hydrogen) atoms. The van der Waals surface area contributed by atoms with Gasteiger partial charge in [0, 0.05) is 95.2 Å². The molecule has 0 fully saturated rings. The van der Waals surface area contributed by atoms with E-state index in [0.717, 1.165) is 83.1 Å². The van der Waals surface area contributed by atoms with Crippen molar-refractivity contribution in [1.29, 1.82) is 0 Å². The van der Waals surface area contributed by atoms with Crippen LogP contribution in [0.5, 0.6) is 0 Å². The van der Waals surface area contributed by atoms with Gasteiger partial charge in [-0.3, -0.25) is 0 Å². The summed E-state index contributed by atoms with van der Waals surface area (Å²) in [5, 5.41) is 0. The third-order valence-electron chi connectivity index (χ3n) is 14.4. The van der Waals surface area contributed by atoms with E-state index in [9.17, 15) is 0 Å². The minimum atomic E-state index is -4.13. The zero-order valence-corrected chi connectivity index (χ0v) is 27.6. The van der Waals surface area contributed by atoms with Crippen LogP contribution in [0.15, 0.2) is 58.0 Å². The summed E-state index contributed by atoms with van der Waals surface area (Å²) in [4.78, 5) is 0. The van der Waals surface area contributed by atoms with E-state index < -0.39 is 13.9 Å².